The van der Waals surface area contributed by atoms with Crippen LogP contribution in [0.1, 0.15) is 27.7 Å². The van der Waals surface area contributed by atoms with Crippen LogP contribution >= 0.6 is 0 Å². The lowest BCUT2D eigenvalue weighted by molar-refractivity contribution is 0.0600. The van der Waals surface area contributed by atoms with E-state index in [0.717, 1.165) is 27.6 Å². The second kappa shape index (κ2) is 4.17. The zero-order chi connectivity index (χ0) is 14.6. The van der Waals surface area contributed by atoms with E-state index in [9.17, 15) is 9.90 Å². The summed E-state index contributed by atoms with van der Waals surface area (Å²) >= 11 is 0. The number of nitrogens with one attached hydrogen (secondary N) is 1. The molecule has 0 radical (unpaired) electrons. The van der Waals surface area contributed by atoms with Crippen LogP contribution in [0.3, 0.4) is 0 Å². The Morgan fingerprint density at radius 2 is 2.24 bits per heavy atom. The van der Waals surface area contributed by atoms with Gasteiger partial charge in [-0.15, -0.1) is 0 Å². The molecule has 104 valence electrons. The number of nitrogens with zero attached hydrogens (tertiary/aromatic N) is 1. The zero-order valence-corrected chi connectivity index (χ0v) is 11.3. The second-order valence-electron chi connectivity index (χ2n) is 5.02. The molecule has 3 aromatic rings. The molecule has 2 heterocycles. The Hall–Kier alpha value is -2.66. The molecule has 1 aromatic carbocycles. The van der Waals surface area contributed by atoms with E-state index in [4.69, 9.17) is 4.74 Å². The maximum atomic E-state index is 11.7. The molecule has 0 saturated heterocycles. The van der Waals surface area contributed by atoms with Crippen LogP contribution in [0.25, 0.3) is 22.0 Å². The quantitative estimate of drug-likeness (QED) is 0.671. The summed E-state index contributed by atoms with van der Waals surface area (Å²) in [7, 11) is 1.33. The van der Waals surface area contributed by atoms with Crippen LogP contribution in [0.4, 0.5) is 0 Å². The highest BCUT2D eigenvalue weighted by molar-refractivity contribution is 6.02. The number of pyridine rings is 1. The fraction of sp³-hybridized carbons (Fsp3) is 0.125. The van der Waals surface area contributed by atoms with Crippen molar-refractivity contribution in [1.82, 2.24) is 9.97 Å². The first kappa shape index (κ1) is 12.1. The summed E-state index contributed by atoms with van der Waals surface area (Å²) in [6.45, 7) is 0. The van der Waals surface area contributed by atoms with Crippen molar-refractivity contribution in [2.45, 2.75) is 6.10 Å². The Morgan fingerprint density at radius 3 is 3.05 bits per heavy atom. The van der Waals surface area contributed by atoms with Crippen LogP contribution in [-0.2, 0) is 4.74 Å². The Kier molecular flexibility index (Phi) is 2.40. The number of ether oxygens (including phenoxy) is 1. The maximum Gasteiger partial charge on any atom is 0.339 e. The molecule has 5 nitrogen and oxygen atoms in total. The molecule has 2 N–H and O–H groups in total. The first-order chi connectivity index (χ1) is 10.2. The molecule has 1 aliphatic carbocycles. The predicted molar refractivity (Wildman–Crippen MR) is 76.9 cm³/mol. The zero-order valence-electron chi connectivity index (χ0n) is 11.3. The molecule has 0 bridgehead atoms. The summed E-state index contributed by atoms with van der Waals surface area (Å²) in [6, 6.07) is 7.58. The molecule has 0 spiro atoms. The standard InChI is InChI=1S/C16H12N2O3/c1-21-16(20)8-5-10-9-3-2-4-12-13(9)11(7-17-12)15(19)14(10)18-6-8/h2-7,15,17,19H,1H3. The minimum atomic E-state index is -0.796. The number of fused-ring (bicyclic) bond motifs is 2. The summed E-state index contributed by atoms with van der Waals surface area (Å²) in [5.41, 5.74) is 4.43. The lowest BCUT2D eigenvalue weighted by Crippen LogP contribution is -2.11. The number of H-pyrrole nitrogens is 1. The Morgan fingerprint density at radius 1 is 1.38 bits per heavy atom. The van der Waals surface area contributed by atoms with Gasteiger partial charge in [-0.3, -0.25) is 4.98 Å². The molecule has 5 heteroatoms. The molecule has 0 saturated carbocycles. The number of rotatable bonds is 1. The van der Waals surface area contributed by atoms with Gasteiger partial charge in [0.1, 0.15) is 6.10 Å². The minimum Gasteiger partial charge on any atom is -0.465 e. The van der Waals surface area contributed by atoms with Crippen molar-refractivity contribution in [3.63, 3.8) is 0 Å². The SMILES string of the molecule is COC(=O)c1cnc2c(c1)-c1cccc3[nH]cc(c13)C2O. The van der Waals surface area contributed by atoms with Gasteiger partial charge in [0.25, 0.3) is 0 Å². The summed E-state index contributed by atoms with van der Waals surface area (Å²) < 4.78 is 4.73. The van der Waals surface area contributed by atoms with Gasteiger partial charge in [-0.25, -0.2) is 4.79 Å². The molecular weight excluding hydrogens is 268 g/mol. The van der Waals surface area contributed by atoms with Gasteiger partial charge in [0.2, 0.25) is 0 Å². The third-order valence-electron chi connectivity index (χ3n) is 3.92. The summed E-state index contributed by atoms with van der Waals surface area (Å²) in [4.78, 5) is 19.1. The van der Waals surface area contributed by atoms with Gasteiger partial charge in [-0.1, -0.05) is 12.1 Å². The first-order valence-electron chi connectivity index (χ1n) is 6.57. The third kappa shape index (κ3) is 1.55. The van der Waals surface area contributed by atoms with Crippen LogP contribution in [0.5, 0.6) is 0 Å². The van der Waals surface area contributed by atoms with Crippen molar-refractivity contribution in [2.24, 2.45) is 0 Å². The number of aromatic amines is 1. The van der Waals surface area contributed by atoms with Crippen molar-refractivity contribution < 1.29 is 14.6 Å². The summed E-state index contributed by atoms with van der Waals surface area (Å²) in [5.74, 6) is -0.438. The Balaban J connectivity index is 2.05. The van der Waals surface area contributed by atoms with E-state index in [1.54, 1.807) is 12.3 Å². The van der Waals surface area contributed by atoms with Gasteiger partial charge in [-0.2, -0.15) is 0 Å². The van der Waals surface area contributed by atoms with Crippen LogP contribution in [0.15, 0.2) is 36.7 Å². The highest BCUT2D eigenvalue weighted by atomic mass is 16.5. The van der Waals surface area contributed by atoms with Crippen LogP contribution in [-0.4, -0.2) is 28.2 Å². The highest BCUT2D eigenvalue weighted by Gasteiger charge is 2.28. The van der Waals surface area contributed by atoms with Crippen LogP contribution < -0.4 is 0 Å². The first-order valence-corrected chi connectivity index (χ1v) is 6.57. The number of benzene rings is 1. The molecule has 0 aliphatic heterocycles. The molecule has 1 aliphatic rings. The van der Waals surface area contributed by atoms with Crippen molar-refractivity contribution in [3.05, 3.63) is 53.5 Å². The number of aliphatic hydroxyl groups excluding tert-OH is 1. The number of hydrogen-bond acceptors (Lipinski definition) is 4. The van der Waals surface area contributed by atoms with E-state index in [1.807, 2.05) is 18.2 Å². The van der Waals surface area contributed by atoms with Gasteiger partial charge in [0.05, 0.1) is 18.4 Å². The Bertz CT molecular complexity index is 882. The smallest absolute Gasteiger partial charge is 0.339 e. The van der Waals surface area contributed by atoms with E-state index in [0.29, 0.717) is 11.3 Å². The van der Waals surface area contributed by atoms with E-state index < -0.39 is 12.1 Å². The molecule has 0 fully saturated rings. The number of aromatic nitrogens is 2. The maximum absolute atomic E-state index is 11.7. The highest BCUT2D eigenvalue weighted by Crippen LogP contribution is 2.43. The largest absolute Gasteiger partial charge is 0.465 e. The molecular formula is C16H12N2O3. The summed E-state index contributed by atoms with van der Waals surface area (Å²) in [6.07, 6.45) is 2.44. The van der Waals surface area contributed by atoms with E-state index in [2.05, 4.69) is 9.97 Å². The van der Waals surface area contributed by atoms with E-state index in [-0.39, 0.29) is 0 Å². The molecule has 1 unspecified atom stereocenters. The predicted octanol–water partition coefficient (Wildman–Crippen LogP) is 2.41. The summed E-state index contributed by atoms with van der Waals surface area (Å²) in [5, 5.41) is 11.5. The average molecular weight is 280 g/mol. The number of carbonyl (C=O) groups excluding carboxylic acids is 1. The topological polar surface area (TPSA) is 75.2 Å². The number of carbonyl (C=O) groups is 1. The van der Waals surface area contributed by atoms with Gasteiger partial charge < -0.3 is 14.8 Å². The normalized spacial score (nSPS) is 15.8. The van der Waals surface area contributed by atoms with Crippen LogP contribution in [0.2, 0.25) is 0 Å². The van der Waals surface area contributed by atoms with Gasteiger partial charge in [0.15, 0.2) is 0 Å². The van der Waals surface area contributed by atoms with E-state index >= 15 is 0 Å². The minimum absolute atomic E-state index is 0.374. The molecule has 21 heavy (non-hydrogen) atoms. The van der Waals surface area contributed by atoms with Crippen LogP contribution in [0, 0.1) is 0 Å². The molecule has 0 amide bonds. The van der Waals surface area contributed by atoms with Gasteiger partial charge in [0, 0.05) is 34.4 Å². The van der Waals surface area contributed by atoms with Crippen molar-refractivity contribution in [1.29, 1.82) is 0 Å². The molecule has 4 rings (SSSR count). The van der Waals surface area contributed by atoms with Crippen molar-refractivity contribution in [2.75, 3.05) is 7.11 Å². The number of methoxy groups -OCH3 is 1. The second-order valence-corrected chi connectivity index (χ2v) is 5.02. The van der Waals surface area contributed by atoms with Gasteiger partial charge in [-0.05, 0) is 17.7 Å². The lowest BCUT2D eigenvalue weighted by atomic mass is 9.87. The fourth-order valence-corrected chi connectivity index (χ4v) is 2.94. The number of hydrogen-bond donors (Lipinski definition) is 2. The molecule has 2 aromatic heterocycles. The number of esters is 1. The fourth-order valence-electron chi connectivity index (χ4n) is 2.94. The van der Waals surface area contributed by atoms with Gasteiger partial charge >= 0.3 is 5.97 Å². The monoisotopic (exact) mass is 280 g/mol. The van der Waals surface area contributed by atoms with Crippen molar-refractivity contribution >= 4 is 16.9 Å². The molecule has 1 atom stereocenters. The average Bonchev–Trinajstić information content (AvgIpc) is 2.96. The lowest BCUT2D eigenvalue weighted by Gasteiger charge is -2.21. The Labute approximate surface area is 120 Å². The van der Waals surface area contributed by atoms with Crippen molar-refractivity contribution in [3.8, 4) is 11.1 Å². The van der Waals surface area contributed by atoms with E-state index in [1.165, 1.54) is 13.3 Å². The third-order valence-corrected chi connectivity index (χ3v) is 3.92. The number of aliphatic hydroxyl groups is 1.